The highest BCUT2D eigenvalue weighted by atomic mass is 16.5. The molecule has 1 aromatic rings. The summed E-state index contributed by atoms with van der Waals surface area (Å²) in [6.07, 6.45) is 0.402. The van der Waals surface area contributed by atoms with E-state index < -0.39 is 16.6 Å². The average molecular weight is 250 g/mol. The van der Waals surface area contributed by atoms with Gasteiger partial charge in [0.05, 0.1) is 13.2 Å². The number of aliphatic hydroxyl groups is 2. The number of hydrogen-bond donors (Lipinski definition) is 2. The zero-order valence-corrected chi connectivity index (χ0v) is 10.6. The van der Waals surface area contributed by atoms with Gasteiger partial charge in [0.1, 0.15) is 5.60 Å². The molecule has 2 rings (SSSR count). The van der Waals surface area contributed by atoms with Gasteiger partial charge in [0, 0.05) is 5.41 Å². The van der Waals surface area contributed by atoms with Crippen molar-refractivity contribution in [1.82, 2.24) is 0 Å². The second-order valence-electron chi connectivity index (χ2n) is 5.35. The third-order valence-electron chi connectivity index (χ3n) is 4.15. The maximum atomic E-state index is 10.9. The van der Waals surface area contributed by atoms with Gasteiger partial charge < -0.3 is 14.9 Å². The van der Waals surface area contributed by atoms with Gasteiger partial charge in [-0.1, -0.05) is 44.2 Å². The van der Waals surface area contributed by atoms with Crippen molar-refractivity contribution in [3.8, 4) is 0 Å². The summed E-state index contributed by atoms with van der Waals surface area (Å²) in [5.41, 5.74) is -3.11. The first kappa shape index (κ1) is 13.2. The van der Waals surface area contributed by atoms with Crippen LogP contribution in [0.15, 0.2) is 30.3 Å². The summed E-state index contributed by atoms with van der Waals surface area (Å²) in [6.45, 7) is 3.57. The molecule has 0 aliphatic heterocycles. The summed E-state index contributed by atoms with van der Waals surface area (Å²) in [4.78, 5) is 10.9. The van der Waals surface area contributed by atoms with Crippen molar-refractivity contribution in [2.75, 3.05) is 6.61 Å². The molecule has 2 N–H and O–H groups in total. The molecule has 1 fully saturated rings. The second kappa shape index (κ2) is 4.16. The minimum atomic E-state index is -1.71. The second-order valence-corrected chi connectivity index (χ2v) is 5.35. The number of hydrogen-bond acceptors (Lipinski definition) is 4. The van der Waals surface area contributed by atoms with Gasteiger partial charge in [-0.2, -0.15) is 0 Å². The van der Waals surface area contributed by atoms with Crippen LogP contribution in [0, 0.1) is 5.41 Å². The molecule has 0 unspecified atom stereocenters. The number of benzene rings is 1. The Morgan fingerprint density at radius 1 is 1.22 bits per heavy atom. The molecule has 0 spiro atoms. The predicted octanol–water partition coefficient (Wildman–Crippen LogP) is 0.904. The van der Waals surface area contributed by atoms with E-state index in [9.17, 15) is 15.0 Å². The molecule has 18 heavy (non-hydrogen) atoms. The lowest BCUT2D eigenvalue weighted by atomic mass is 10.1. The van der Waals surface area contributed by atoms with Crippen LogP contribution in [0.3, 0.4) is 0 Å². The van der Waals surface area contributed by atoms with Crippen LogP contribution < -0.4 is 0 Å². The number of aldehydes is 1. The normalized spacial score (nSPS) is 33.1. The lowest BCUT2D eigenvalue weighted by Gasteiger charge is -2.13. The minimum Gasteiger partial charge on any atom is -0.383 e. The van der Waals surface area contributed by atoms with Gasteiger partial charge in [-0.15, -0.1) is 0 Å². The molecule has 1 saturated carbocycles. The third kappa shape index (κ3) is 1.61. The Labute approximate surface area is 106 Å². The topological polar surface area (TPSA) is 66.8 Å². The Morgan fingerprint density at radius 2 is 1.83 bits per heavy atom. The van der Waals surface area contributed by atoms with Gasteiger partial charge in [-0.3, -0.25) is 4.79 Å². The van der Waals surface area contributed by atoms with Gasteiger partial charge in [0.2, 0.25) is 0 Å². The maximum Gasteiger partial charge on any atom is 0.159 e. The van der Waals surface area contributed by atoms with Gasteiger partial charge >= 0.3 is 0 Å². The zero-order chi connectivity index (χ0) is 13.4. The molecule has 0 amide bonds. The molecular weight excluding hydrogens is 232 g/mol. The van der Waals surface area contributed by atoms with Crippen LogP contribution in [-0.4, -0.2) is 34.3 Å². The van der Waals surface area contributed by atoms with E-state index in [0.717, 1.165) is 5.56 Å². The van der Waals surface area contributed by atoms with Crippen LogP contribution in [0.2, 0.25) is 0 Å². The Bertz CT molecular complexity index is 442. The summed E-state index contributed by atoms with van der Waals surface area (Å²) in [5.74, 6) is 0. The minimum absolute atomic E-state index is 0.0653. The molecule has 0 radical (unpaired) electrons. The first-order valence-corrected chi connectivity index (χ1v) is 5.92. The van der Waals surface area contributed by atoms with Crippen LogP contribution in [-0.2, 0) is 16.1 Å². The fraction of sp³-hybridized carbons (Fsp3) is 0.500. The molecule has 98 valence electrons. The Kier molecular flexibility index (Phi) is 3.05. The van der Waals surface area contributed by atoms with Gasteiger partial charge in [-0.05, 0) is 5.56 Å². The Hall–Kier alpha value is -1.23. The maximum absolute atomic E-state index is 10.9. The van der Waals surface area contributed by atoms with E-state index in [1.54, 1.807) is 13.8 Å². The molecule has 0 saturated heterocycles. The van der Waals surface area contributed by atoms with Crippen molar-refractivity contribution in [1.29, 1.82) is 0 Å². The summed E-state index contributed by atoms with van der Waals surface area (Å²) >= 11 is 0. The molecule has 0 aromatic heterocycles. The first-order valence-electron chi connectivity index (χ1n) is 5.92. The molecular formula is C14H18O4. The van der Waals surface area contributed by atoms with Crippen molar-refractivity contribution in [3.63, 3.8) is 0 Å². The summed E-state index contributed by atoms with van der Waals surface area (Å²) in [6, 6.07) is 9.53. The van der Waals surface area contributed by atoms with E-state index in [-0.39, 0.29) is 6.61 Å². The Balaban J connectivity index is 1.94. The van der Waals surface area contributed by atoms with Crippen LogP contribution in [0.25, 0.3) is 0 Å². The van der Waals surface area contributed by atoms with Crippen LogP contribution >= 0.6 is 0 Å². The van der Waals surface area contributed by atoms with Crippen LogP contribution in [0.5, 0.6) is 0 Å². The molecule has 1 aliphatic carbocycles. The SMILES string of the molecule is CC1(C)[C@](O)(C=O)[C@@]1(O)COCc1ccccc1. The van der Waals surface area contributed by atoms with Crippen molar-refractivity contribution < 1.29 is 19.7 Å². The smallest absolute Gasteiger partial charge is 0.159 e. The summed E-state index contributed by atoms with van der Waals surface area (Å²) in [7, 11) is 0. The van der Waals surface area contributed by atoms with Crippen LogP contribution in [0.1, 0.15) is 19.4 Å². The van der Waals surface area contributed by atoms with E-state index in [4.69, 9.17) is 4.74 Å². The Morgan fingerprint density at radius 3 is 2.33 bits per heavy atom. The van der Waals surface area contributed by atoms with Crippen molar-refractivity contribution in [2.45, 2.75) is 31.7 Å². The highest BCUT2D eigenvalue weighted by Crippen LogP contribution is 2.63. The first-order chi connectivity index (χ1) is 8.39. The standard InChI is InChI=1S/C14H18O4/c1-12(2)13(16,9-15)14(12,17)10-18-8-11-6-4-3-5-7-11/h3-7,9,16-17H,8,10H2,1-2H3/t13-,14-/m1/s1. The predicted molar refractivity (Wildman–Crippen MR) is 65.8 cm³/mol. The summed E-state index contributed by atoms with van der Waals surface area (Å²) < 4.78 is 5.41. The van der Waals surface area contributed by atoms with Crippen molar-refractivity contribution in [3.05, 3.63) is 35.9 Å². The number of carbonyl (C=O) groups is 1. The van der Waals surface area contributed by atoms with E-state index in [1.165, 1.54) is 0 Å². The van der Waals surface area contributed by atoms with Gasteiger partial charge in [0.15, 0.2) is 11.9 Å². The molecule has 0 heterocycles. The zero-order valence-electron chi connectivity index (χ0n) is 10.6. The fourth-order valence-electron chi connectivity index (χ4n) is 2.38. The highest BCUT2D eigenvalue weighted by Gasteiger charge is 2.83. The largest absolute Gasteiger partial charge is 0.383 e. The van der Waals surface area contributed by atoms with E-state index >= 15 is 0 Å². The fourth-order valence-corrected chi connectivity index (χ4v) is 2.38. The van der Waals surface area contributed by atoms with Crippen molar-refractivity contribution >= 4 is 6.29 Å². The lowest BCUT2D eigenvalue weighted by molar-refractivity contribution is -0.123. The highest BCUT2D eigenvalue weighted by molar-refractivity contribution is 5.75. The number of carbonyl (C=O) groups excluding carboxylic acids is 1. The third-order valence-corrected chi connectivity index (χ3v) is 4.15. The van der Waals surface area contributed by atoms with Gasteiger partial charge in [0.25, 0.3) is 0 Å². The number of ether oxygens (including phenoxy) is 1. The lowest BCUT2D eigenvalue weighted by Crippen LogP contribution is -2.31. The monoisotopic (exact) mass is 250 g/mol. The molecule has 1 aromatic carbocycles. The molecule has 1 aliphatic rings. The van der Waals surface area contributed by atoms with Crippen molar-refractivity contribution in [2.24, 2.45) is 5.41 Å². The van der Waals surface area contributed by atoms with E-state index in [0.29, 0.717) is 12.9 Å². The summed E-state index contributed by atoms with van der Waals surface area (Å²) in [5, 5.41) is 20.2. The van der Waals surface area contributed by atoms with Crippen LogP contribution in [0.4, 0.5) is 0 Å². The molecule has 0 bridgehead atoms. The van der Waals surface area contributed by atoms with Gasteiger partial charge in [-0.25, -0.2) is 0 Å². The van der Waals surface area contributed by atoms with E-state index in [2.05, 4.69) is 0 Å². The number of rotatable bonds is 5. The molecule has 4 nitrogen and oxygen atoms in total. The quantitative estimate of drug-likeness (QED) is 0.762. The molecule has 4 heteroatoms. The molecule has 2 atom stereocenters. The average Bonchev–Trinajstić information content (AvgIpc) is 2.71. The van der Waals surface area contributed by atoms with E-state index in [1.807, 2.05) is 30.3 Å².